The molecule has 0 bridgehead atoms. The Morgan fingerprint density at radius 1 is 1.03 bits per heavy atom. The molecule has 1 unspecified atom stereocenters. The summed E-state index contributed by atoms with van der Waals surface area (Å²) in [6.45, 7) is 0.442. The highest BCUT2D eigenvalue weighted by Gasteiger charge is 2.29. The standard InChI is InChI=1S/C25H27N3O5/c26-14-6-1-7-15-27-24(31)22(12-13-23(29)30)28-25(32)33-16-21-19-10-4-2-8-17(19)18-9-3-5-11-20(18)21/h2-5,8-11,21-22H,1,6-7,12-13,15-16H2,(H,27,31)(H,28,32)(H,29,30). The van der Waals surface area contributed by atoms with Crippen LogP contribution in [0.25, 0.3) is 11.1 Å². The summed E-state index contributed by atoms with van der Waals surface area (Å²) in [7, 11) is 0. The van der Waals surface area contributed by atoms with E-state index in [4.69, 9.17) is 15.1 Å². The Morgan fingerprint density at radius 3 is 2.27 bits per heavy atom. The van der Waals surface area contributed by atoms with Crippen molar-refractivity contribution in [1.82, 2.24) is 10.6 Å². The zero-order chi connectivity index (χ0) is 23.6. The summed E-state index contributed by atoms with van der Waals surface area (Å²) >= 11 is 0. The smallest absolute Gasteiger partial charge is 0.407 e. The molecule has 8 nitrogen and oxygen atoms in total. The van der Waals surface area contributed by atoms with Crippen LogP contribution in [0, 0.1) is 11.3 Å². The molecular formula is C25H27N3O5. The molecule has 0 fully saturated rings. The van der Waals surface area contributed by atoms with Crippen molar-refractivity contribution in [3.8, 4) is 17.2 Å². The van der Waals surface area contributed by atoms with Gasteiger partial charge in [0.15, 0.2) is 0 Å². The minimum atomic E-state index is -1.06. The number of carbonyl (C=O) groups excluding carboxylic acids is 2. The van der Waals surface area contributed by atoms with Crippen molar-refractivity contribution < 1.29 is 24.2 Å². The molecule has 3 N–H and O–H groups in total. The van der Waals surface area contributed by atoms with Crippen LogP contribution >= 0.6 is 0 Å². The van der Waals surface area contributed by atoms with Gasteiger partial charge in [-0.3, -0.25) is 9.59 Å². The Balaban J connectivity index is 1.59. The van der Waals surface area contributed by atoms with E-state index in [9.17, 15) is 14.4 Å². The number of amides is 2. The zero-order valence-electron chi connectivity index (χ0n) is 18.3. The molecule has 1 aliphatic carbocycles. The lowest BCUT2D eigenvalue weighted by Gasteiger charge is -2.19. The number of fused-ring (bicyclic) bond motifs is 3. The molecule has 1 atom stereocenters. The van der Waals surface area contributed by atoms with E-state index in [1.807, 2.05) is 54.6 Å². The maximum Gasteiger partial charge on any atom is 0.407 e. The third-order valence-corrected chi connectivity index (χ3v) is 5.61. The van der Waals surface area contributed by atoms with Crippen molar-refractivity contribution >= 4 is 18.0 Å². The number of carbonyl (C=O) groups is 3. The number of benzene rings is 2. The SMILES string of the molecule is N#CCCCCNC(=O)C(CCC(=O)O)NC(=O)OCC1c2ccccc2-c2ccccc21. The number of rotatable bonds is 11. The van der Waals surface area contributed by atoms with Crippen LogP contribution in [0.1, 0.15) is 49.1 Å². The van der Waals surface area contributed by atoms with E-state index < -0.39 is 24.0 Å². The number of alkyl carbamates (subject to hydrolysis) is 1. The van der Waals surface area contributed by atoms with Crippen LogP contribution in [0.3, 0.4) is 0 Å². The van der Waals surface area contributed by atoms with Crippen LogP contribution in [0.4, 0.5) is 4.79 Å². The fraction of sp³-hybridized carbons (Fsp3) is 0.360. The number of carboxylic acid groups (broad SMARTS) is 1. The molecule has 3 rings (SSSR count). The average Bonchev–Trinajstić information content (AvgIpc) is 3.13. The number of unbranched alkanes of at least 4 members (excludes halogenated alkanes) is 2. The highest BCUT2D eigenvalue weighted by molar-refractivity contribution is 5.86. The molecule has 172 valence electrons. The summed E-state index contributed by atoms with van der Waals surface area (Å²) in [5.74, 6) is -1.65. The number of hydrogen-bond acceptors (Lipinski definition) is 5. The zero-order valence-corrected chi connectivity index (χ0v) is 18.3. The topological polar surface area (TPSA) is 129 Å². The van der Waals surface area contributed by atoms with Crippen molar-refractivity contribution in [2.75, 3.05) is 13.2 Å². The van der Waals surface area contributed by atoms with Gasteiger partial charge in [-0.05, 0) is 41.5 Å². The summed E-state index contributed by atoms with van der Waals surface area (Å²) in [5.41, 5.74) is 4.36. The third kappa shape index (κ3) is 6.32. The second-order valence-electron chi connectivity index (χ2n) is 7.86. The van der Waals surface area contributed by atoms with Crippen molar-refractivity contribution in [3.63, 3.8) is 0 Å². The van der Waals surface area contributed by atoms with Crippen LogP contribution in [-0.4, -0.2) is 42.3 Å². The van der Waals surface area contributed by atoms with Crippen molar-refractivity contribution in [2.24, 2.45) is 0 Å². The monoisotopic (exact) mass is 449 g/mol. The molecule has 0 saturated heterocycles. The van der Waals surface area contributed by atoms with Gasteiger partial charge in [-0.25, -0.2) is 4.79 Å². The largest absolute Gasteiger partial charge is 0.481 e. The van der Waals surface area contributed by atoms with E-state index in [1.165, 1.54) is 0 Å². The molecule has 2 aromatic rings. The average molecular weight is 450 g/mol. The van der Waals surface area contributed by atoms with Crippen LogP contribution in [-0.2, 0) is 14.3 Å². The summed E-state index contributed by atoms with van der Waals surface area (Å²) < 4.78 is 5.47. The van der Waals surface area contributed by atoms with Crippen molar-refractivity contribution in [2.45, 2.75) is 44.1 Å². The lowest BCUT2D eigenvalue weighted by atomic mass is 9.98. The Labute approximate surface area is 192 Å². The number of aliphatic carboxylic acids is 1. The van der Waals surface area contributed by atoms with E-state index in [2.05, 4.69) is 10.6 Å². The lowest BCUT2D eigenvalue weighted by molar-refractivity contribution is -0.137. The molecule has 33 heavy (non-hydrogen) atoms. The minimum absolute atomic E-state index is 0.0520. The van der Waals surface area contributed by atoms with Crippen LogP contribution in [0.2, 0.25) is 0 Å². The number of ether oxygens (including phenoxy) is 1. The van der Waals surface area contributed by atoms with Gasteiger partial charge in [0, 0.05) is 25.3 Å². The quantitative estimate of drug-likeness (QED) is 0.450. The molecular weight excluding hydrogens is 422 g/mol. The number of nitriles is 1. The van der Waals surface area contributed by atoms with E-state index in [0.29, 0.717) is 25.8 Å². The van der Waals surface area contributed by atoms with Gasteiger partial charge in [-0.15, -0.1) is 0 Å². The number of nitrogens with one attached hydrogen (secondary N) is 2. The fourth-order valence-corrected chi connectivity index (χ4v) is 3.98. The Bertz CT molecular complexity index is 1000. The number of nitrogens with zero attached hydrogens (tertiary/aromatic N) is 1. The molecule has 0 aliphatic heterocycles. The van der Waals surface area contributed by atoms with Gasteiger partial charge >= 0.3 is 12.1 Å². The molecule has 1 aliphatic rings. The first-order valence-electron chi connectivity index (χ1n) is 11.0. The van der Waals surface area contributed by atoms with Crippen molar-refractivity contribution in [1.29, 1.82) is 5.26 Å². The summed E-state index contributed by atoms with van der Waals surface area (Å²) in [6, 6.07) is 16.9. The van der Waals surface area contributed by atoms with E-state index >= 15 is 0 Å². The second-order valence-corrected chi connectivity index (χ2v) is 7.86. The Morgan fingerprint density at radius 2 is 1.67 bits per heavy atom. The van der Waals surface area contributed by atoms with Gasteiger partial charge in [0.05, 0.1) is 6.07 Å². The molecule has 0 heterocycles. The first-order chi connectivity index (χ1) is 16.0. The van der Waals surface area contributed by atoms with Gasteiger partial charge in [0.2, 0.25) is 5.91 Å². The van der Waals surface area contributed by atoms with E-state index in [-0.39, 0.29) is 25.4 Å². The first kappa shape index (κ1) is 23.8. The highest BCUT2D eigenvalue weighted by Crippen LogP contribution is 2.44. The van der Waals surface area contributed by atoms with Crippen LogP contribution in [0.5, 0.6) is 0 Å². The molecule has 2 amide bonds. The maximum atomic E-state index is 12.5. The number of hydrogen-bond donors (Lipinski definition) is 3. The molecule has 2 aromatic carbocycles. The van der Waals surface area contributed by atoms with Gasteiger partial charge in [-0.1, -0.05) is 48.5 Å². The molecule has 0 aromatic heterocycles. The summed E-state index contributed by atoms with van der Waals surface area (Å²) in [5, 5.41) is 22.7. The number of carboxylic acids is 1. The van der Waals surface area contributed by atoms with Gasteiger partial charge in [0.1, 0.15) is 12.6 Å². The minimum Gasteiger partial charge on any atom is -0.481 e. The normalized spacial score (nSPS) is 12.7. The maximum absolute atomic E-state index is 12.5. The van der Waals surface area contributed by atoms with Crippen molar-refractivity contribution in [3.05, 3.63) is 59.7 Å². The molecule has 0 radical (unpaired) electrons. The molecule has 0 saturated carbocycles. The molecule has 8 heteroatoms. The summed E-state index contributed by atoms with van der Waals surface area (Å²) in [6.07, 6.45) is 0.578. The van der Waals surface area contributed by atoms with Gasteiger partial charge in [-0.2, -0.15) is 5.26 Å². The fourth-order valence-electron chi connectivity index (χ4n) is 3.98. The van der Waals surface area contributed by atoms with E-state index in [0.717, 1.165) is 22.3 Å². The van der Waals surface area contributed by atoms with E-state index in [1.54, 1.807) is 0 Å². The lowest BCUT2D eigenvalue weighted by Crippen LogP contribution is -2.47. The van der Waals surface area contributed by atoms with Gasteiger partial charge < -0.3 is 20.5 Å². The Hall–Kier alpha value is -3.86. The van der Waals surface area contributed by atoms with Gasteiger partial charge in [0.25, 0.3) is 0 Å². The second kappa shape index (κ2) is 11.7. The Kier molecular flexibility index (Phi) is 8.42. The van der Waals surface area contributed by atoms with Crippen LogP contribution in [0.15, 0.2) is 48.5 Å². The highest BCUT2D eigenvalue weighted by atomic mass is 16.5. The van der Waals surface area contributed by atoms with Crippen LogP contribution < -0.4 is 10.6 Å². The predicted molar refractivity (Wildman–Crippen MR) is 121 cm³/mol. The third-order valence-electron chi connectivity index (χ3n) is 5.61. The molecule has 0 spiro atoms. The first-order valence-corrected chi connectivity index (χ1v) is 11.0. The predicted octanol–water partition coefficient (Wildman–Crippen LogP) is 3.57. The summed E-state index contributed by atoms with van der Waals surface area (Å²) in [4.78, 5) is 35.9.